The van der Waals surface area contributed by atoms with Gasteiger partial charge in [-0.2, -0.15) is 5.48 Å². The number of pyridine rings is 1. The van der Waals surface area contributed by atoms with E-state index >= 15 is 0 Å². The number of carbonyl (C=O) groups is 1. The number of nitrogens with zero attached hydrogens (tertiary/aromatic N) is 2. The van der Waals surface area contributed by atoms with Crippen LogP contribution in [0.5, 0.6) is 5.75 Å². The molecule has 0 radical (unpaired) electrons. The van der Waals surface area contributed by atoms with E-state index in [9.17, 15) is 9.18 Å². The topological polar surface area (TPSA) is 82.0 Å². The van der Waals surface area contributed by atoms with Gasteiger partial charge in [0.1, 0.15) is 18.2 Å². The van der Waals surface area contributed by atoms with Gasteiger partial charge in [-0.25, -0.2) is 9.38 Å². The number of amidine groups is 1. The van der Waals surface area contributed by atoms with E-state index in [-0.39, 0.29) is 19.1 Å². The number of aromatic nitrogens is 1. The Hall–Kier alpha value is -3.94. The predicted octanol–water partition coefficient (Wildman–Crippen LogP) is 3.90. The Morgan fingerprint density at radius 3 is 2.75 bits per heavy atom. The van der Waals surface area contributed by atoms with Crippen LogP contribution in [-0.2, 0) is 19.9 Å². The van der Waals surface area contributed by atoms with Gasteiger partial charge in [-0.3, -0.25) is 9.78 Å². The molecule has 1 N–H and O–H groups in total. The first-order chi connectivity index (χ1) is 15.6. The third kappa shape index (κ3) is 4.12. The second-order valence-corrected chi connectivity index (χ2v) is 7.27. The Kier molecular flexibility index (Phi) is 6.02. The van der Waals surface area contributed by atoms with Gasteiger partial charge in [0.05, 0.1) is 12.8 Å². The summed E-state index contributed by atoms with van der Waals surface area (Å²) in [4.78, 5) is 23.9. The number of halogens is 1. The molecule has 3 aromatic rings. The summed E-state index contributed by atoms with van der Waals surface area (Å²) in [6.07, 6.45) is 2.77. The molecular formula is C24H22FN3O4. The van der Waals surface area contributed by atoms with Gasteiger partial charge in [0.2, 0.25) is 0 Å². The molecule has 1 aromatic heterocycles. The number of ether oxygens (including phenoxy) is 2. The average molecular weight is 435 g/mol. The van der Waals surface area contributed by atoms with Crippen LogP contribution in [0.1, 0.15) is 23.6 Å². The summed E-state index contributed by atoms with van der Waals surface area (Å²) in [6.45, 7) is 4.89. The van der Waals surface area contributed by atoms with E-state index in [1.165, 1.54) is 6.07 Å². The number of benzene rings is 2. The van der Waals surface area contributed by atoms with Crippen molar-refractivity contribution in [3.05, 3.63) is 83.4 Å². The predicted molar refractivity (Wildman–Crippen MR) is 116 cm³/mol. The van der Waals surface area contributed by atoms with Crippen LogP contribution in [0.25, 0.3) is 11.1 Å². The first kappa shape index (κ1) is 21.3. The van der Waals surface area contributed by atoms with Crippen molar-refractivity contribution < 1.29 is 23.5 Å². The quantitative estimate of drug-likeness (QED) is 0.448. The number of hydroxylamine groups is 1. The van der Waals surface area contributed by atoms with E-state index in [1.807, 2.05) is 56.3 Å². The molecule has 2 aromatic carbocycles. The normalized spacial score (nSPS) is 17.3. The molecule has 0 aliphatic carbocycles. The molecule has 1 atom stereocenters. The maximum Gasteiger partial charge on any atom is 0.320 e. The smallest absolute Gasteiger partial charge is 0.320 e. The summed E-state index contributed by atoms with van der Waals surface area (Å²) in [5, 5.41) is 0. The monoisotopic (exact) mass is 435 g/mol. The molecule has 0 amide bonds. The fraction of sp³-hybridized carbons (Fsp3) is 0.208. The highest BCUT2D eigenvalue weighted by Crippen LogP contribution is 2.40. The summed E-state index contributed by atoms with van der Waals surface area (Å²) >= 11 is 0. The van der Waals surface area contributed by atoms with Gasteiger partial charge in [0.15, 0.2) is 5.54 Å². The Morgan fingerprint density at radius 2 is 2.00 bits per heavy atom. The molecule has 8 heteroatoms. The molecular weight excluding hydrogens is 413 g/mol. The van der Waals surface area contributed by atoms with Gasteiger partial charge in [-0.1, -0.05) is 24.3 Å². The molecule has 0 saturated carbocycles. The Labute approximate surface area is 184 Å². The first-order valence-corrected chi connectivity index (χ1v) is 10.1. The lowest BCUT2D eigenvalue weighted by Gasteiger charge is -2.26. The number of rotatable bonds is 7. The molecule has 1 aliphatic heterocycles. The van der Waals surface area contributed by atoms with Crippen molar-refractivity contribution in [1.82, 2.24) is 10.5 Å². The second-order valence-electron chi connectivity index (χ2n) is 7.27. The lowest BCUT2D eigenvalue weighted by atomic mass is 9.82. The molecule has 4 rings (SSSR count). The van der Waals surface area contributed by atoms with Crippen LogP contribution >= 0.6 is 0 Å². The van der Waals surface area contributed by atoms with E-state index in [0.717, 1.165) is 34.2 Å². The van der Waals surface area contributed by atoms with E-state index in [1.54, 1.807) is 6.20 Å². The highest BCUT2D eigenvalue weighted by Gasteiger charge is 2.41. The zero-order valence-corrected chi connectivity index (χ0v) is 17.7. The first-order valence-electron chi connectivity index (χ1n) is 10.1. The van der Waals surface area contributed by atoms with E-state index in [4.69, 9.17) is 14.5 Å². The summed E-state index contributed by atoms with van der Waals surface area (Å²) in [5.41, 5.74) is 5.57. The number of hydrogen-bond acceptors (Lipinski definition) is 7. The van der Waals surface area contributed by atoms with Gasteiger partial charge in [0.25, 0.3) is 0 Å². The Morgan fingerprint density at radius 1 is 1.16 bits per heavy atom. The van der Waals surface area contributed by atoms with Gasteiger partial charge < -0.3 is 14.3 Å². The van der Waals surface area contributed by atoms with E-state index in [0.29, 0.717) is 12.2 Å². The van der Waals surface area contributed by atoms with Gasteiger partial charge >= 0.3 is 12.5 Å². The van der Waals surface area contributed by atoms with Crippen molar-refractivity contribution >= 4 is 12.5 Å². The van der Waals surface area contributed by atoms with Crippen LogP contribution in [-0.4, -0.2) is 30.7 Å². The maximum absolute atomic E-state index is 13.7. The molecule has 0 saturated heterocycles. The number of hydrogen-bond donors (Lipinski definition) is 1. The van der Waals surface area contributed by atoms with Crippen LogP contribution in [0.2, 0.25) is 0 Å². The molecule has 0 bridgehead atoms. The summed E-state index contributed by atoms with van der Waals surface area (Å²) in [6, 6.07) is 15.0. The molecule has 1 aliphatic rings. The van der Waals surface area contributed by atoms with Gasteiger partial charge in [0, 0.05) is 11.8 Å². The third-order valence-electron chi connectivity index (χ3n) is 5.24. The Bertz CT molecular complexity index is 1170. The van der Waals surface area contributed by atoms with Crippen molar-refractivity contribution in [1.29, 1.82) is 0 Å². The number of nitrogens with one attached hydrogen (secondary N) is 1. The molecule has 0 spiro atoms. The zero-order valence-electron chi connectivity index (χ0n) is 17.7. The lowest BCUT2D eigenvalue weighted by Crippen LogP contribution is -2.27. The summed E-state index contributed by atoms with van der Waals surface area (Å²) < 4.78 is 25.1. The van der Waals surface area contributed by atoms with E-state index in [2.05, 4.69) is 15.3 Å². The number of aliphatic imine (C=N–C) groups is 1. The van der Waals surface area contributed by atoms with E-state index < -0.39 is 11.4 Å². The van der Waals surface area contributed by atoms with Gasteiger partial charge in [-0.15, -0.1) is 0 Å². The third-order valence-corrected chi connectivity index (χ3v) is 5.24. The highest BCUT2D eigenvalue weighted by molar-refractivity contribution is 5.77. The second kappa shape index (κ2) is 9.05. The van der Waals surface area contributed by atoms with Crippen molar-refractivity contribution in [2.24, 2.45) is 4.99 Å². The molecule has 7 nitrogen and oxygen atoms in total. The van der Waals surface area contributed by atoms with Crippen molar-refractivity contribution in [2.45, 2.75) is 19.4 Å². The fourth-order valence-electron chi connectivity index (χ4n) is 3.75. The van der Waals surface area contributed by atoms with Crippen LogP contribution < -0.4 is 10.2 Å². The SMILES string of the molecule is CCOc1ccc(C2(c3cccc(-c4cncc(F)c4)c3)COC(NOC=O)=N2)cc1C. The zero-order chi connectivity index (χ0) is 22.6. The summed E-state index contributed by atoms with van der Waals surface area (Å²) in [5.74, 6) is 0.376. The molecule has 0 fully saturated rings. The van der Waals surface area contributed by atoms with Crippen LogP contribution in [0.4, 0.5) is 4.39 Å². The van der Waals surface area contributed by atoms with Crippen molar-refractivity contribution in [3.8, 4) is 16.9 Å². The minimum Gasteiger partial charge on any atom is -0.494 e. The van der Waals surface area contributed by atoms with Crippen LogP contribution in [0.15, 0.2) is 65.9 Å². The summed E-state index contributed by atoms with van der Waals surface area (Å²) in [7, 11) is 0. The highest BCUT2D eigenvalue weighted by atomic mass is 19.1. The van der Waals surface area contributed by atoms with Crippen LogP contribution in [0.3, 0.4) is 0 Å². The minimum absolute atomic E-state index is 0.0847. The lowest BCUT2D eigenvalue weighted by molar-refractivity contribution is -0.132. The number of aryl methyl sites for hydroxylation is 1. The van der Waals surface area contributed by atoms with Gasteiger partial charge in [-0.05, 0) is 60.4 Å². The average Bonchev–Trinajstić information content (AvgIpc) is 3.25. The molecule has 2 heterocycles. The maximum atomic E-state index is 13.7. The van der Waals surface area contributed by atoms with Crippen molar-refractivity contribution in [2.75, 3.05) is 13.2 Å². The molecule has 164 valence electrons. The largest absolute Gasteiger partial charge is 0.494 e. The standard InChI is InChI=1S/C24H22FN3O4/c1-3-30-22-8-7-20(9-16(22)2)24(14-31-23(27-24)28-32-15-29)19-6-4-5-17(10-19)18-11-21(25)13-26-12-18/h4-13,15H,3,14H2,1-2H3,(H,27,28). The molecule has 32 heavy (non-hydrogen) atoms. The van der Waals surface area contributed by atoms with Crippen molar-refractivity contribution in [3.63, 3.8) is 0 Å². The van der Waals surface area contributed by atoms with Crippen LogP contribution in [0, 0.1) is 12.7 Å². The molecule has 1 unspecified atom stereocenters. The fourth-order valence-corrected chi connectivity index (χ4v) is 3.75. The Balaban J connectivity index is 1.83. The number of carbonyl (C=O) groups excluding carboxylic acids is 1. The minimum atomic E-state index is -0.916.